The lowest BCUT2D eigenvalue weighted by atomic mass is 10.2. The van der Waals surface area contributed by atoms with E-state index in [1.807, 2.05) is 6.92 Å². The first-order valence-corrected chi connectivity index (χ1v) is 6.84. The van der Waals surface area contributed by atoms with Crippen molar-refractivity contribution in [2.45, 2.75) is 19.3 Å². The Kier molecular flexibility index (Phi) is 3.55. The number of hydrogen-bond acceptors (Lipinski definition) is 4. The lowest BCUT2D eigenvalue weighted by Gasteiger charge is -2.04. The van der Waals surface area contributed by atoms with E-state index in [2.05, 4.69) is 20.3 Å². The van der Waals surface area contributed by atoms with E-state index < -0.39 is 5.82 Å². The van der Waals surface area contributed by atoms with Crippen molar-refractivity contribution >= 4 is 23.3 Å². The Bertz CT molecular complexity index is 689. The molecule has 2 aromatic rings. The van der Waals surface area contributed by atoms with Crippen molar-refractivity contribution < 1.29 is 9.18 Å². The molecule has 7 heteroatoms. The minimum atomic E-state index is -0.542. The number of nitrogens with zero attached hydrogens (tertiary/aromatic N) is 3. The summed E-state index contributed by atoms with van der Waals surface area (Å²) in [6, 6.07) is 4.02. The molecule has 2 aromatic heterocycles. The van der Waals surface area contributed by atoms with Gasteiger partial charge in [0.1, 0.15) is 22.6 Å². The van der Waals surface area contributed by atoms with E-state index in [1.165, 1.54) is 0 Å². The molecule has 108 valence electrons. The average molecular weight is 307 g/mol. The smallest absolute Gasteiger partial charge is 0.229 e. The van der Waals surface area contributed by atoms with E-state index >= 15 is 0 Å². The van der Waals surface area contributed by atoms with Crippen LogP contribution in [-0.2, 0) is 4.79 Å². The van der Waals surface area contributed by atoms with Crippen LogP contribution in [0.4, 0.5) is 10.2 Å². The third-order valence-electron chi connectivity index (χ3n) is 3.28. The number of rotatable bonds is 3. The molecule has 1 N–H and O–H groups in total. The van der Waals surface area contributed by atoms with Gasteiger partial charge in [-0.15, -0.1) is 0 Å². The molecule has 0 radical (unpaired) electrons. The van der Waals surface area contributed by atoms with E-state index in [0.717, 1.165) is 17.8 Å². The minimum Gasteiger partial charge on any atom is -0.310 e. The van der Waals surface area contributed by atoms with Crippen LogP contribution in [-0.4, -0.2) is 20.9 Å². The summed E-state index contributed by atoms with van der Waals surface area (Å²) in [5.41, 5.74) is 0.865. The van der Waals surface area contributed by atoms with E-state index in [1.54, 1.807) is 12.3 Å². The SMILES string of the molecule is Cc1ccnc(C2CC2C(=O)Nc2cc(F)cc(Cl)n2)n1. The molecule has 3 rings (SSSR count). The number of pyridine rings is 1. The van der Waals surface area contributed by atoms with E-state index in [0.29, 0.717) is 12.2 Å². The molecular weight excluding hydrogens is 295 g/mol. The zero-order valence-electron chi connectivity index (χ0n) is 11.2. The van der Waals surface area contributed by atoms with Gasteiger partial charge in [0.2, 0.25) is 5.91 Å². The standard InChI is InChI=1S/C14H12ClFN4O/c1-7-2-3-17-13(18-7)9-6-10(9)14(21)20-12-5-8(16)4-11(15)19-12/h2-5,9-10H,6H2,1H3,(H,19,20,21). The highest BCUT2D eigenvalue weighted by atomic mass is 35.5. The molecule has 0 bridgehead atoms. The van der Waals surface area contributed by atoms with Gasteiger partial charge >= 0.3 is 0 Å². The molecule has 0 aromatic carbocycles. The van der Waals surface area contributed by atoms with Crippen molar-refractivity contribution in [1.29, 1.82) is 0 Å². The first kappa shape index (κ1) is 13.9. The summed E-state index contributed by atoms with van der Waals surface area (Å²) in [5.74, 6) is -0.190. The highest BCUT2D eigenvalue weighted by molar-refractivity contribution is 6.29. The van der Waals surface area contributed by atoms with E-state index in [-0.39, 0.29) is 28.7 Å². The van der Waals surface area contributed by atoms with Crippen molar-refractivity contribution in [2.75, 3.05) is 5.32 Å². The number of anilines is 1. The van der Waals surface area contributed by atoms with Crippen molar-refractivity contribution in [2.24, 2.45) is 5.92 Å². The molecule has 1 aliphatic rings. The Labute approximate surface area is 125 Å². The van der Waals surface area contributed by atoms with Gasteiger partial charge in [-0.3, -0.25) is 4.79 Å². The number of nitrogens with one attached hydrogen (secondary N) is 1. The normalized spacial score (nSPS) is 20.1. The number of hydrogen-bond donors (Lipinski definition) is 1. The van der Waals surface area contributed by atoms with Crippen molar-refractivity contribution in [3.05, 3.63) is 46.9 Å². The molecule has 0 saturated heterocycles. The summed E-state index contributed by atoms with van der Waals surface area (Å²) in [6.45, 7) is 1.88. The Morgan fingerprint density at radius 1 is 1.43 bits per heavy atom. The quantitative estimate of drug-likeness (QED) is 0.885. The van der Waals surface area contributed by atoms with Crippen LogP contribution in [0.25, 0.3) is 0 Å². The Balaban J connectivity index is 1.68. The molecule has 2 atom stereocenters. The molecule has 21 heavy (non-hydrogen) atoms. The molecule has 2 heterocycles. The summed E-state index contributed by atoms with van der Waals surface area (Å²) in [4.78, 5) is 24.4. The van der Waals surface area contributed by atoms with Gasteiger partial charge in [-0.2, -0.15) is 0 Å². The number of aryl methyl sites for hydroxylation is 1. The maximum atomic E-state index is 13.2. The average Bonchev–Trinajstić information content (AvgIpc) is 3.17. The van der Waals surface area contributed by atoms with Gasteiger partial charge in [0.15, 0.2) is 0 Å². The summed E-state index contributed by atoms with van der Waals surface area (Å²) in [6.07, 6.45) is 2.36. The van der Waals surface area contributed by atoms with Crippen LogP contribution in [0.15, 0.2) is 24.4 Å². The highest BCUT2D eigenvalue weighted by Crippen LogP contribution is 2.46. The van der Waals surface area contributed by atoms with Gasteiger partial charge in [0.25, 0.3) is 0 Å². The molecule has 5 nitrogen and oxygen atoms in total. The number of carbonyl (C=O) groups excluding carboxylic acids is 1. The van der Waals surface area contributed by atoms with Gasteiger partial charge in [-0.25, -0.2) is 19.3 Å². The van der Waals surface area contributed by atoms with Crippen LogP contribution in [0.1, 0.15) is 23.9 Å². The largest absolute Gasteiger partial charge is 0.310 e. The van der Waals surface area contributed by atoms with Gasteiger partial charge in [-0.05, 0) is 19.4 Å². The first-order chi connectivity index (χ1) is 10.0. The minimum absolute atomic E-state index is 0.000311. The molecule has 0 spiro atoms. The first-order valence-electron chi connectivity index (χ1n) is 6.46. The lowest BCUT2D eigenvalue weighted by molar-refractivity contribution is -0.117. The van der Waals surface area contributed by atoms with E-state index in [4.69, 9.17) is 11.6 Å². The summed E-state index contributed by atoms with van der Waals surface area (Å²) in [5, 5.41) is 2.57. The maximum absolute atomic E-state index is 13.2. The predicted molar refractivity (Wildman–Crippen MR) is 75.5 cm³/mol. The highest BCUT2D eigenvalue weighted by Gasteiger charge is 2.46. The topological polar surface area (TPSA) is 67.8 Å². The summed E-state index contributed by atoms with van der Waals surface area (Å²) in [7, 11) is 0. The fourth-order valence-electron chi connectivity index (χ4n) is 2.17. The second-order valence-electron chi connectivity index (χ2n) is 4.99. The van der Waals surface area contributed by atoms with Crippen LogP contribution in [0, 0.1) is 18.7 Å². The number of aromatic nitrogens is 3. The Morgan fingerprint density at radius 3 is 2.95 bits per heavy atom. The fourth-order valence-corrected chi connectivity index (χ4v) is 2.36. The third-order valence-corrected chi connectivity index (χ3v) is 3.48. The summed E-state index contributed by atoms with van der Waals surface area (Å²) >= 11 is 5.65. The molecule has 1 saturated carbocycles. The van der Waals surface area contributed by atoms with Crippen LogP contribution < -0.4 is 5.32 Å². The van der Waals surface area contributed by atoms with Crippen molar-refractivity contribution in [3.8, 4) is 0 Å². The van der Waals surface area contributed by atoms with Crippen LogP contribution in [0.3, 0.4) is 0 Å². The molecule has 1 amide bonds. The predicted octanol–water partition coefficient (Wildman–Crippen LogP) is 2.71. The Morgan fingerprint density at radius 2 is 2.24 bits per heavy atom. The lowest BCUT2D eigenvalue weighted by Crippen LogP contribution is -2.16. The van der Waals surface area contributed by atoms with Gasteiger partial charge in [-0.1, -0.05) is 11.6 Å². The molecule has 0 aliphatic heterocycles. The number of amides is 1. The van der Waals surface area contributed by atoms with Crippen molar-refractivity contribution in [3.63, 3.8) is 0 Å². The molecule has 1 fully saturated rings. The van der Waals surface area contributed by atoms with Crippen molar-refractivity contribution in [1.82, 2.24) is 15.0 Å². The van der Waals surface area contributed by atoms with Crippen LogP contribution in [0.5, 0.6) is 0 Å². The fraction of sp³-hybridized carbons (Fsp3) is 0.286. The monoisotopic (exact) mass is 306 g/mol. The molecule has 1 aliphatic carbocycles. The molecular formula is C14H12ClFN4O. The van der Waals surface area contributed by atoms with Gasteiger partial charge < -0.3 is 5.32 Å². The Hall–Kier alpha value is -2.08. The maximum Gasteiger partial charge on any atom is 0.229 e. The zero-order chi connectivity index (χ0) is 15.0. The number of halogens is 2. The summed E-state index contributed by atoms with van der Waals surface area (Å²) < 4.78 is 13.2. The van der Waals surface area contributed by atoms with Crippen LogP contribution in [0.2, 0.25) is 5.15 Å². The van der Waals surface area contributed by atoms with Crippen LogP contribution >= 0.6 is 11.6 Å². The third kappa shape index (κ3) is 3.16. The second-order valence-corrected chi connectivity index (χ2v) is 5.37. The number of carbonyl (C=O) groups is 1. The van der Waals surface area contributed by atoms with E-state index in [9.17, 15) is 9.18 Å². The van der Waals surface area contributed by atoms with Gasteiger partial charge in [0, 0.05) is 35.9 Å². The van der Waals surface area contributed by atoms with Gasteiger partial charge in [0.05, 0.1) is 0 Å². The second kappa shape index (κ2) is 5.37. The molecule has 2 unspecified atom stereocenters. The zero-order valence-corrected chi connectivity index (χ0v) is 11.9.